The van der Waals surface area contributed by atoms with Crippen LogP contribution in [0.15, 0.2) is 0 Å². The summed E-state index contributed by atoms with van der Waals surface area (Å²) in [7, 11) is 0. The molecule has 0 aromatic heterocycles. The molecule has 0 unspecified atom stereocenters. The van der Waals surface area contributed by atoms with Gasteiger partial charge in [-0.15, -0.1) is 0 Å². The predicted octanol–water partition coefficient (Wildman–Crippen LogP) is -0.814. The monoisotopic (exact) mass is 79.0 g/mol. The molecule has 26 valence electrons. The van der Waals surface area contributed by atoms with Crippen LogP contribution >= 0.6 is 0 Å². The fourth-order valence-corrected chi connectivity index (χ4v) is 0. The summed E-state index contributed by atoms with van der Waals surface area (Å²) >= 11 is 0.424. The molecule has 0 bridgehead atoms. The molecule has 0 radical (unpaired) electrons. The molecule has 4 heteroatoms. The molecule has 3 nitrogen and oxygen atoms in total. The van der Waals surface area contributed by atoms with Crippen LogP contribution < -0.4 is 6.15 Å². The smallest absolute Gasteiger partial charge is 0.385 e. The van der Waals surface area contributed by atoms with Gasteiger partial charge in [-0.1, -0.05) is 0 Å². The van der Waals surface area contributed by atoms with Crippen molar-refractivity contribution in [3.05, 3.63) is 0 Å². The van der Waals surface area contributed by atoms with E-state index in [1.54, 1.807) is 0 Å². The Kier molecular flexibility index (Phi) is 22.0. The van der Waals surface area contributed by atoms with Crippen molar-refractivity contribution in [3.63, 3.8) is 0 Å². The van der Waals surface area contributed by atoms with Gasteiger partial charge in [0.15, 0.2) is 0 Å². The highest BCUT2D eigenvalue weighted by Crippen LogP contribution is 1.22. The van der Waals surface area contributed by atoms with Gasteiger partial charge < -0.3 is 10.1 Å². The Morgan fingerprint density at radius 3 is 1.75 bits per heavy atom. The summed E-state index contributed by atoms with van der Waals surface area (Å²) in [5, 5.41) is 7.13. The number of hydrogen-bond donors (Lipinski definition) is 2. The number of hydrogen-bond acceptors (Lipinski definition) is 3. The average Bonchev–Trinajstić information content (AvgIpc) is 0.918. The molecular weight excluding hydrogens is 73.0 g/mol. The van der Waals surface area contributed by atoms with Gasteiger partial charge in [0.2, 0.25) is 0 Å². The maximum atomic E-state index is 7.13. The van der Waals surface area contributed by atoms with Gasteiger partial charge in [-0.2, -0.15) is 0 Å². The molecule has 0 fully saturated rings. The Morgan fingerprint density at radius 2 is 1.75 bits per heavy atom. The van der Waals surface area contributed by atoms with E-state index in [1.165, 1.54) is 0 Å². The van der Waals surface area contributed by atoms with E-state index in [0.29, 0.717) is 16.6 Å². The van der Waals surface area contributed by atoms with E-state index in [-0.39, 0.29) is 6.15 Å². The average molecular weight is 79.0 g/mol. The molecule has 4 N–H and O–H groups in total. The van der Waals surface area contributed by atoms with Crippen molar-refractivity contribution in [3.8, 4) is 0 Å². The third-order valence-corrected chi connectivity index (χ3v) is 0. The Hall–Kier alpha value is 0.412. The van der Waals surface area contributed by atoms with Gasteiger partial charge in [0.1, 0.15) is 0 Å². The second-order valence-electron chi connectivity index (χ2n) is 0.183. The predicted molar refractivity (Wildman–Crippen MR) is 17.3 cm³/mol. The summed E-state index contributed by atoms with van der Waals surface area (Å²) in [6.07, 6.45) is 0. The minimum absolute atomic E-state index is 0. The summed E-state index contributed by atoms with van der Waals surface area (Å²) in [6.45, 7) is 0. The van der Waals surface area contributed by atoms with Crippen molar-refractivity contribution in [2.45, 2.75) is 0 Å². The van der Waals surface area contributed by atoms with Gasteiger partial charge in [-0.25, -0.2) is 0 Å². The van der Waals surface area contributed by atoms with E-state index in [0.717, 1.165) is 0 Å². The SMILES string of the molecule is N.O[O][AlH2]. The first kappa shape index (κ1) is 8.83. The molecular formula is H6AlNO2. The third-order valence-electron chi connectivity index (χ3n) is 0. The van der Waals surface area contributed by atoms with Crippen molar-refractivity contribution in [2.24, 2.45) is 0 Å². The summed E-state index contributed by atoms with van der Waals surface area (Å²) in [5.41, 5.74) is 0. The van der Waals surface area contributed by atoms with Crippen molar-refractivity contribution >= 4 is 16.6 Å². The third kappa shape index (κ3) is 28.3. The minimum atomic E-state index is 0. The summed E-state index contributed by atoms with van der Waals surface area (Å²) in [5.74, 6) is 0. The lowest BCUT2D eigenvalue weighted by molar-refractivity contribution is -0.131. The van der Waals surface area contributed by atoms with E-state index in [1.807, 2.05) is 0 Å². The molecule has 0 rings (SSSR count). The molecule has 0 aliphatic carbocycles. The standard InChI is InChI=1S/Al.H3N.H2O2.2H/c;;1-2;;/h;1H3;1-2H;;/q+1;;;;/p-1. The topological polar surface area (TPSA) is 64.5 Å². The lowest BCUT2D eigenvalue weighted by Gasteiger charge is -1.62. The van der Waals surface area contributed by atoms with Gasteiger partial charge in [0.25, 0.3) is 0 Å². The van der Waals surface area contributed by atoms with E-state index in [9.17, 15) is 0 Å². The fraction of sp³-hybridized carbons (Fsp3) is 0. The zero-order valence-corrected chi connectivity index (χ0v) is 4.56. The lowest BCUT2D eigenvalue weighted by atomic mass is 14.0. The van der Waals surface area contributed by atoms with Crippen LogP contribution in [-0.2, 0) is 3.94 Å². The zero-order valence-electron chi connectivity index (χ0n) is 2.56. The van der Waals surface area contributed by atoms with Gasteiger partial charge in [-0.3, -0.25) is 5.26 Å². The van der Waals surface area contributed by atoms with Gasteiger partial charge >= 0.3 is 16.6 Å². The van der Waals surface area contributed by atoms with Gasteiger partial charge in [0, 0.05) is 0 Å². The molecule has 0 amide bonds. The quantitative estimate of drug-likeness (QED) is 0.226. The van der Waals surface area contributed by atoms with E-state index >= 15 is 0 Å². The first-order valence-electron chi connectivity index (χ1n) is 0.591. The summed E-state index contributed by atoms with van der Waals surface area (Å²) in [4.78, 5) is 0. The molecule has 0 aromatic rings. The molecule has 0 spiro atoms. The van der Waals surface area contributed by atoms with Crippen LogP contribution in [0.3, 0.4) is 0 Å². The van der Waals surface area contributed by atoms with Gasteiger partial charge in [-0.05, 0) is 0 Å². The summed E-state index contributed by atoms with van der Waals surface area (Å²) in [6, 6.07) is 0. The van der Waals surface area contributed by atoms with Crippen LogP contribution in [0.5, 0.6) is 0 Å². The van der Waals surface area contributed by atoms with Crippen LogP contribution in [-0.4, -0.2) is 21.9 Å². The van der Waals surface area contributed by atoms with Crippen molar-refractivity contribution in [1.29, 1.82) is 0 Å². The number of rotatable bonds is 0. The first-order chi connectivity index (χ1) is 1.41. The van der Waals surface area contributed by atoms with Crippen molar-refractivity contribution < 1.29 is 9.20 Å². The first-order valence-corrected chi connectivity index (χ1v) is 1.41. The molecule has 0 heterocycles. The Morgan fingerprint density at radius 1 is 1.75 bits per heavy atom. The highest BCUT2D eigenvalue weighted by Gasteiger charge is 1.35. The van der Waals surface area contributed by atoms with Crippen molar-refractivity contribution in [1.82, 2.24) is 6.15 Å². The van der Waals surface area contributed by atoms with E-state index < -0.39 is 0 Å². The van der Waals surface area contributed by atoms with Gasteiger partial charge in [0.05, 0.1) is 0 Å². The van der Waals surface area contributed by atoms with E-state index in [2.05, 4.69) is 3.94 Å². The second-order valence-corrected chi connectivity index (χ2v) is 0.548. The maximum Gasteiger partial charge on any atom is 0.464 e. The van der Waals surface area contributed by atoms with Crippen LogP contribution in [0.1, 0.15) is 0 Å². The van der Waals surface area contributed by atoms with Crippen LogP contribution in [0.4, 0.5) is 0 Å². The summed E-state index contributed by atoms with van der Waals surface area (Å²) < 4.78 is 3.39. The van der Waals surface area contributed by atoms with Crippen LogP contribution in [0.25, 0.3) is 0 Å². The fourth-order valence-electron chi connectivity index (χ4n) is 0. The molecule has 0 aromatic carbocycles. The zero-order chi connectivity index (χ0) is 2.71. The normalized spacial score (nSPS) is 4.25. The lowest BCUT2D eigenvalue weighted by Crippen LogP contribution is -1.62. The molecule has 0 atom stereocenters. The largest absolute Gasteiger partial charge is 0.464 e. The van der Waals surface area contributed by atoms with E-state index in [4.69, 9.17) is 5.26 Å². The second kappa shape index (κ2) is 9.95. The highest BCUT2D eigenvalue weighted by atomic mass is 27.1. The maximum absolute atomic E-state index is 7.13. The van der Waals surface area contributed by atoms with Crippen LogP contribution in [0, 0.1) is 0 Å². The van der Waals surface area contributed by atoms with Crippen LogP contribution in [0.2, 0.25) is 0 Å². The Balaban J connectivity index is 0. The molecule has 4 heavy (non-hydrogen) atoms. The molecule has 0 aliphatic rings. The molecule has 0 aliphatic heterocycles. The minimum Gasteiger partial charge on any atom is -0.385 e. The Bertz CT molecular complexity index is 6.00. The molecule has 0 saturated carbocycles. The Labute approximate surface area is 32.8 Å². The highest BCUT2D eigenvalue weighted by molar-refractivity contribution is 5.97. The molecule has 0 saturated heterocycles. The van der Waals surface area contributed by atoms with Crippen molar-refractivity contribution in [2.75, 3.05) is 0 Å².